The molecule has 0 amide bonds. The van der Waals surface area contributed by atoms with Crippen LogP contribution < -0.4 is 56.9 Å². The summed E-state index contributed by atoms with van der Waals surface area (Å²) in [6.07, 6.45) is -2.85. The number of imidazole rings is 1. The number of nitrogens with zero attached hydrogens (tertiary/aromatic N) is 3. The first-order chi connectivity index (χ1) is 10.8. The number of aliphatic hydroxyl groups is 2. The number of aliphatic hydroxyl groups excluding tert-OH is 2. The predicted molar refractivity (Wildman–Crippen MR) is 73.2 cm³/mol. The first-order valence-electron chi connectivity index (χ1n) is 6.40. The van der Waals surface area contributed by atoms with Crippen molar-refractivity contribution in [3.05, 3.63) is 23.0 Å². The van der Waals surface area contributed by atoms with E-state index in [4.69, 9.17) is 14.5 Å². The van der Waals surface area contributed by atoms with Gasteiger partial charge in [-0.1, -0.05) is 0 Å². The molecule has 128 valence electrons. The van der Waals surface area contributed by atoms with E-state index in [1.807, 2.05) is 0 Å². The Bertz CT molecular complexity index is 827. The van der Waals surface area contributed by atoms with Gasteiger partial charge in [-0.05, 0) is 0 Å². The average molecular weight is 388 g/mol. The number of nitrogens with one attached hydrogen (secondary N) is 1. The molecule has 0 unspecified atom stereocenters. The predicted octanol–water partition coefficient (Wildman–Crippen LogP) is -5.04. The smallest absolute Gasteiger partial charge is 1.00 e. The summed E-state index contributed by atoms with van der Waals surface area (Å²) in [6.45, 7) is -0.625. The standard InChI is InChI=1S/C10H13N4O8P.K.H/c15-6-4(1-21-23(18,19)20)22-10(7(6)16)14-3-13-5-8(14)11-2-12-9(5)17;;/h2-4,6-7,10,15-16H,1H2,(H,11,12,17)(H2,18,19,20);;/q;+1;-1/t4-,6-,7-,10-;;/m1../s1. The van der Waals surface area contributed by atoms with Gasteiger partial charge in [0.2, 0.25) is 0 Å². The monoisotopic (exact) mass is 388 g/mol. The Labute approximate surface area is 178 Å². The number of rotatable bonds is 4. The van der Waals surface area contributed by atoms with Crippen molar-refractivity contribution in [3.63, 3.8) is 0 Å². The van der Waals surface area contributed by atoms with Crippen molar-refractivity contribution in [2.24, 2.45) is 0 Å². The van der Waals surface area contributed by atoms with Crippen LogP contribution >= 0.6 is 7.82 Å². The normalized spacial score (nSPS) is 27.3. The second-order valence-electron chi connectivity index (χ2n) is 4.89. The van der Waals surface area contributed by atoms with Crippen molar-refractivity contribution in [1.29, 1.82) is 0 Å². The van der Waals surface area contributed by atoms with E-state index < -0.39 is 44.5 Å². The van der Waals surface area contributed by atoms with Crippen LogP contribution in [0.2, 0.25) is 0 Å². The van der Waals surface area contributed by atoms with Gasteiger partial charge in [0.05, 0.1) is 19.3 Å². The third-order valence-electron chi connectivity index (χ3n) is 3.38. The van der Waals surface area contributed by atoms with Gasteiger partial charge in [-0.25, -0.2) is 14.5 Å². The number of phosphoric acid groups is 1. The fourth-order valence-electron chi connectivity index (χ4n) is 2.32. The van der Waals surface area contributed by atoms with Crippen LogP contribution in [0, 0.1) is 0 Å². The van der Waals surface area contributed by atoms with Gasteiger partial charge in [0.25, 0.3) is 5.56 Å². The van der Waals surface area contributed by atoms with Crippen LogP contribution in [0.4, 0.5) is 0 Å². The average Bonchev–Trinajstić information content (AvgIpc) is 3.01. The van der Waals surface area contributed by atoms with Gasteiger partial charge in [0, 0.05) is 0 Å². The maximum Gasteiger partial charge on any atom is 1.00 e. The van der Waals surface area contributed by atoms with Crippen LogP contribution in [-0.2, 0) is 13.8 Å². The van der Waals surface area contributed by atoms with Crippen LogP contribution in [0.15, 0.2) is 17.4 Å². The number of aromatic amines is 1. The molecule has 0 saturated carbocycles. The SMILES string of the molecule is O=c1[nH]cnc2c1ncn2[C@@H]1O[C@H](COP(=O)(O)O)[C@@H](O)[C@H]1O.[H-].[K+]. The summed E-state index contributed by atoms with van der Waals surface area (Å²) in [5, 5.41) is 20.0. The molecule has 5 N–H and O–H groups in total. The van der Waals surface area contributed by atoms with Crippen LogP contribution in [0.5, 0.6) is 0 Å². The summed E-state index contributed by atoms with van der Waals surface area (Å²) in [5.74, 6) is 0. The maximum atomic E-state index is 11.6. The van der Waals surface area contributed by atoms with Crippen molar-refractivity contribution in [2.75, 3.05) is 6.61 Å². The van der Waals surface area contributed by atoms with E-state index in [0.29, 0.717) is 0 Å². The quantitative estimate of drug-likeness (QED) is 0.251. The largest absolute Gasteiger partial charge is 1.00 e. The van der Waals surface area contributed by atoms with Gasteiger partial charge in [-0.15, -0.1) is 0 Å². The van der Waals surface area contributed by atoms with E-state index in [9.17, 15) is 19.6 Å². The van der Waals surface area contributed by atoms with Gasteiger partial charge < -0.3 is 31.1 Å². The van der Waals surface area contributed by atoms with Crippen molar-refractivity contribution in [2.45, 2.75) is 24.5 Å². The first-order valence-corrected chi connectivity index (χ1v) is 7.93. The minimum absolute atomic E-state index is 0. The van der Waals surface area contributed by atoms with E-state index in [2.05, 4.69) is 19.5 Å². The number of H-pyrrole nitrogens is 1. The molecule has 0 spiro atoms. The van der Waals surface area contributed by atoms with Crippen molar-refractivity contribution >= 4 is 19.0 Å². The topological polar surface area (TPSA) is 180 Å². The zero-order valence-corrected chi connectivity index (χ0v) is 16.4. The zero-order valence-electron chi connectivity index (χ0n) is 13.4. The van der Waals surface area contributed by atoms with E-state index in [-0.39, 0.29) is 64.0 Å². The summed E-state index contributed by atoms with van der Waals surface area (Å²) in [5.41, 5.74) is -0.336. The number of fused-ring (bicyclic) bond motifs is 1. The summed E-state index contributed by atoms with van der Waals surface area (Å²) >= 11 is 0. The third kappa shape index (κ3) is 4.03. The summed E-state index contributed by atoms with van der Waals surface area (Å²) in [6, 6.07) is 0. The molecule has 24 heavy (non-hydrogen) atoms. The second kappa shape index (κ2) is 7.69. The molecular formula is C10H14KN4O8P. The fraction of sp³-hybridized carbons (Fsp3) is 0.500. The Hall–Kier alpha value is -0.0236. The van der Waals surface area contributed by atoms with Gasteiger partial charge in [0.15, 0.2) is 17.4 Å². The molecule has 1 fully saturated rings. The molecule has 1 saturated heterocycles. The number of hydrogen-bond donors (Lipinski definition) is 5. The van der Waals surface area contributed by atoms with Crippen LogP contribution in [0.1, 0.15) is 7.65 Å². The van der Waals surface area contributed by atoms with Gasteiger partial charge in [-0.2, -0.15) is 0 Å². The van der Waals surface area contributed by atoms with Gasteiger partial charge in [-0.3, -0.25) is 13.9 Å². The minimum atomic E-state index is -4.74. The molecule has 12 nitrogen and oxygen atoms in total. The van der Waals surface area contributed by atoms with Crippen molar-refractivity contribution in [3.8, 4) is 0 Å². The maximum absolute atomic E-state index is 11.6. The van der Waals surface area contributed by atoms with Crippen molar-refractivity contribution in [1.82, 2.24) is 19.5 Å². The van der Waals surface area contributed by atoms with E-state index in [0.717, 1.165) is 6.33 Å². The van der Waals surface area contributed by atoms with E-state index in [1.54, 1.807) is 0 Å². The molecule has 2 aromatic rings. The molecule has 3 rings (SSSR count). The summed E-state index contributed by atoms with van der Waals surface area (Å²) in [4.78, 5) is 39.1. The third-order valence-corrected chi connectivity index (χ3v) is 3.87. The summed E-state index contributed by atoms with van der Waals surface area (Å²) < 4.78 is 21.6. The molecule has 0 aliphatic carbocycles. The van der Waals surface area contributed by atoms with Crippen LogP contribution in [0.25, 0.3) is 11.2 Å². The molecule has 1 aliphatic heterocycles. The Kier molecular flexibility index (Phi) is 6.50. The number of hydrogen-bond acceptors (Lipinski definition) is 8. The van der Waals surface area contributed by atoms with Gasteiger partial charge >= 0.3 is 59.2 Å². The van der Waals surface area contributed by atoms with Crippen LogP contribution in [0.3, 0.4) is 0 Å². The van der Waals surface area contributed by atoms with Crippen LogP contribution in [-0.4, -0.2) is 64.4 Å². The van der Waals surface area contributed by atoms with Gasteiger partial charge in [0.1, 0.15) is 18.3 Å². The number of ether oxygens (including phenoxy) is 1. The molecule has 0 radical (unpaired) electrons. The second-order valence-corrected chi connectivity index (χ2v) is 6.13. The Morgan fingerprint density at radius 2 is 2.08 bits per heavy atom. The molecule has 0 bridgehead atoms. The Morgan fingerprint density at radius 1 is 1.38 bits per heavy atom. The minimum Gasteiger partial charge on any atom is -1.00 e. The number of phosphoric ester groups is 1. The van der Waals surface area contributed by atoms with Crippen molar-refractivity contribution < 1.29 is 86.6 Å². The van der Waals surface area contributed by atoms with E-state index >= 15 is 0 Å². The molecule has 2 aromatic heterocycles. The molecule has 4 atom stereocenters. The molecular weight excluding hydrogens is 374 g/mol. The fourth-order valence-corrected chi connectivity index (χ4v) is 2.66. The molecule has 1 aliphatic rings. The molecule has 0 aromatic carbocycles. The zero-order chi connectivity index (χ0) is 16.8. The first kappa shape index (κ1) is 20.3. The Morgan fingerprint density at radius 3 is 2.75 bits per heavy atom. The summed E-state index contributed by atoms with van der Waals surface area (Å²) in [7, 11) is -4.74. The molecule has 3 heterocycles. The molecule has 14 heteroatoms. The Balaban J connectivity index is 0.00000156. The van der Waals surface area contributed by atoms with E-state index in [1.165, 1.54) is 10.9 Å². The number of aromatic nitrogens is 4.